The van der Waals surface area contributed by atoms with Crippen molar-refractivity contribution in [1.82, 2.24) is 39.4 Å². The van der Waals surface area contributed by atoms with Gasteiger partial charge in [-0.1, -0.05) is 47.5 Å². The summed E-state index contributed by atoms with van der Waals surface area (Å²) < 4.78 is 26.6. The molecule has 2 unspecified atom stereocenters. The number of carbonyl (C=O) groups is 5. The van der Waals surface area contributed by atoms with Gasteiger partial charge in [-0.05, 0) is 165 Å². The molecule has 2 fully saturated rings. The molecule has 4 aliphatic heterocycles. The van der Waals surface area contributed by atoms with Gasteiger partial charge in [-0.3, -0.25) is 25.2 Å². The number of ether oxygens (including phenoxy) is 4. The number of piperazine rings is 2. The Balaban J connectivity index is 0.984. The van der Waals surface area contributed by atoms with E-state index in [1.54, 1.807) is 31.1 Å². The lowest BCUT2D eigenvalue weighted by Gasteiger charge is -2.35. The van der Waals surface area contributed by atoms with E-state index in [0.717, 1.165) is 33.0 Å². The smallest absolute Gasteiger partial charge is 0.419 e. The van der Waals surface area contributed by atoms with Crippen molar-refractivity contribution in [3.8, 4) is 22.5 Å². The fourth-order valence-electron chi connectivity index (χ4n) is 11.5. The second-order valence-corrected chi connectivity index (χ2v) is 26.8. The molecule has 19 heteroatoms. The highest BCUT2D eigenvalue weighted by molar-refractivity contribution is 6.32. The molecule has 436 valence electrons. The molecular weight excluding hydrogens is 1080 g/mol. The Kier molecular flexibility index (Phi) is 15.9. The van der Waals surface area contributed by atoms with Crippen LogP contribution in [0.5, 0.6) is 0 Å². The summed E-state index contributed by atoms with van der Waals surface area (Å²) in [6, 6.07) is 21.5. The van der Waals surface area contributed by atoms with Crippen LogP contribution < -0.4 is 10.6 Å². The minimum absolute atomic E-state index is 0.201. The van der Waals surface area contributed by atoms with Crippen molar-refractivity contribution in [2.75, 3.05) is 52.4 Å². The monoisotopic (exact) mass is 1160 g/mol. The minimum atomic E-state index is -0.899. The van der Waals surface area contributed by atoms with E-state index >= 15 is 4.79 Å². The van der Waals surface area contributed by atoms with Crippen LogP contribution in [0.1, 0.15) is 129 Å². The Morgan fingerprint density at radius 1 is 0.463 bits per heavy atom. The molecule has 2 amide bonds. The van der Waals surface area contributed by atoms with Crippen LogP contribution in [-0.2, 0) is 49.9 Å². The van der Waals surface area contributed by atoms with Gasteiger partial charge in [-0.2, -0.15) is 0 Å². The average molecular weight is 1160 g/mol. The van der Waals surface area contributed by atoms with Crippen LogP contribution >= 0.6 is 23.2 Å². The summed E-state index contributed by atoms with van der Waals surface area (Å²) >= 11 is 14.1. The van der Waals surface area contributed by atoms with Gasteiger partial charge in [0.25, 0.3) is 0 Å². The van der Waals surface area contributed by atoms with Gasteiger partial charge in [0.05, 0.1) is 34.5 Å². The molecule has 2 atom stereocenters. The first-order chi connectivity index (χ1) is 38.5. The molecule has 6 aromatic rings. The number of hydrogen-bond donors (Lipinski definition) is 2. The predicted molar refractivity (Wildman–Crippen MR) is 318 cm³/mol. The van der Waals surface area contributed by atoms with E-state index in [1.807, 2.05) is 132 Å². The van der Waals surface area contributed by atoms with Crippen molar-refractivity contribution in [2.24, 2.45) is 0 Å². The molecule has 10 rings (SSSR count). The number of nitrogens with one attached hydrogen (secondary N) is 2. The van der Waals surface area contributed by atoms with Gasteiger partial charge >= 0.3 is 24.4 Å². The first-order valence-corrected chi connectivity index (χ1v) is 29.0. The fraction of sp³-hybridized carbons (Fsp3) is 0.476. The first kappa shape index (κ1) is 58.7. The summed E-state index contributed by atoms with van der Waals surface area (Å²) in [5.41, 5.74) is 5.64. The summed E-state index contributed by atoms with van der Waals surface area (Å²) in [7, 11) is 0. The third-order valence-corrected chi connectivity index (χ3v) is 15.7. The molecule has 0 saturated carbocycles. The van der Waals surface area contributed by atoms with Gasteiger partial charge in [-0.15, -0.1) is 0 Å². The third-order valence-electron chi connectivity index (χ3n) is 15.0. The number of Topliss-reactive ketones (excluding diaryl/α,β-unsaturated/α-hetero) is 1. The van der Waals surface area contributed by atoms with E-state index in [0.29, 0.717) is 120 Å². The van der Waals surface area contributed by atoms with Crippen LogP contribution in [0, 0.1) is 0 Å². The van der Waals surface area contributed by atoms with Crippen molar-refractivity contribution >= 4 is 75.2 Å². The number of amides is 2. The second kappa shape index (κ2) is 22.3. The number of aromatic nitrogens is 2. The Labute approximate surface area is 490 Å². The molecule has 0 spiro atoms. The van der Waals surface area contributed by atoms with Crippen molar-refractivity contribution in [3.05, 3.63) is 116 Å². The zero-order valence-electron chi connectivity index (χ0n) is 49.2. The van der Waals surface area contributed by atoms with Crippen LogP contribution in [0.15, 0.2) is 72.8 Å². The standard InChI is InChI=1S/C63H76Cl2N8O9/c1-60(2,3)79-56(75)70-25-21-68(22-26-70)35-37-13-19-47-39(29-37)31-49(72(47)58(77)81-62(7,8)9)41-15-17-45(64)43-33-66-53(51(41)43)55(74)54-52-42(16-18-46(65)44(52)34-67-54)50-32-40-30-38(14-20-48(40)73(50)59(78)82-63(10,11)12)36-69-23-27-71(28-24-69)57(76)80-61(4,5)6/h13-20,29-32,53-54,66-67H,21-28,33-36H2,1-12H3. The van der Waals surface area contributed by atoms with Gasteiger partial charge in [0.2, 0.25) is 0 Å². The molecule has 4 aromatic carbocycles. The summed E-state index contributed by atoms with van der Waals surface area (Å²) in [5.74, 6) is -0.201. The summed E-state index contributed by atoms with van der Waals surface area (Å²) in [5, 5.41) is 9.57. The highest BCUT2D eigenvalue weighted by Gasteiger charge is 2.42. The van der Waals surface area contributed by atoms with E-state index in [-0.39, 0.29) is 31.1 Å². The Morgan fingerprint density at radius 3 is 1.15 bits per heavy atom. The normalized spacial score (nSPS) is 18.2. The van der Waals surface area contributed by atoms with Gasteiger partial charge in [0, 0.05) is 110 Å². The van der Waals surface area contributed by atoms with Crippen molar-refractivity contribution in [1.29, 1.82) is 0 Å². The molecule has 4 aliphatic rings. The molecule has 0 aliphatic carbocycles. The second-order valence-electron chi connectivity index (χ2n) is 26.0. The number of halogens is 2. The maximum absolute atomic E-state index is 15.8. The number of fused-ring (bicyclic) bond motifs is 4. The molecule has 2 aromatic heterocycles. The van der Waals surface area contributed by atoms with E-state index < -0.39 is 46.7 Å². The molecule has 2 saturated heterocycles. The molecular formula is C63H76Cl2N8O9. The quantitative estimate of drug-likeness (QED) is 0.138. The largest absolute Gasteiger partial charge is 0.444 e. The number of ketones is 1. The maximum Gasteiger partial charge on any atom is 0.419 e. The lowest BCUT2D eigenvalue weighted by Crippen LogP contribution is -2.49. The van der Waals surface area contributed by atoms with Gasteiger partial charge in [0.1, 0.15) is 22.4 Å². The molecule has 82 heavy (non-hydrogen) atoms. The summed E-state index contributed by atoms with van der Waals surface area (Å²) in [6.07, 6.45) is -1.77. The summed E-state index contributed by atoms with van der Waals surface area (Å²) in [6.45, 7) is 28.8. The van der Waals surface area contributed by atoms with Crippen LogP contribution in [0.25, 0.3) is 44.3 Å². The number of benzene rings is 4. The molecule has 2 N–H and O–H groups in total. The average Bonchev–Trinajstić information content (AvgIpc) is 2.17. The Bertz CT molecular complexity index is 3280. The highest BCUT2D eigenvalue weighted by Crippen LogP contribution is 2.47. The molecule has 0 bridgehead atoms. The minimum Gasteiger partial charge on any atom is -0.444 e. The lowest BCUT2D eigenvalue weighted by atomic mass is 9.87. The Morgan fingerprint density at radius 2 is 0.805 bits per heavy atom. The predicted octanol–water partition coefficient (Wildman–Crippen LogP) is 12.5. The molecule has 17 nitrogen and oxygen atoms in total. The van der Waals surface area contributed by atoms with Gasteiger partial charge in [0.15, 0.2) is 5.78 Å². The molecule has 0 radical (unpaired) electrons. The van der Waals surface area contributed by atoms with Crippen molar-refractivity contribution < 1.29 is 42.9 Å². The number of rotatable bonds is 8. The zero-order valence-corrected chi connectivity index (χ0v) is 50.7. The Hall–Kier alpha value is -6.47. The topological polar surface area (TPSA) is 169 Å². The highest BCUT2D eigenvalue weighted by atomic mass is 35.5. The summed E-state index contributed by atoms with van der Waals surface area (Å²) in [4.78, 5) is 78.6. The van der Waals surface area contributed by atoms with Gasteiger partial charge < -0.3 is 28.7 Å². The van der Waals surface area contributed by atoms with E-state index in [4.69, 9.17) is 42.1 Å². The van der Waals surface area contributed by atoms with Crippen LogP contribution in [0.2, 0.25) is 10.0 Å². The molecule has 6 heterocycles. The zero-order chi connectivity index (χ0) is 59.0. The first-order valence-electron chi connectivity index (χ1n) is 28.3. The van der Waals surface area contributed by atoms with Crippen molar-refractivity contribution in [3.63, 3.8) is 0 Å². The van der Waals surface area contributed by atoms with E-state index in [9.17, 15) is 19.2 Å². The van der Waals surface area contributed by atoms with Crippen molar-refractivity contribution in [2.45, 2.75) is 144 Å². The number of nitrogens with zero attached hydrogens (tertiary/aromatic N) is 6. The number of hydrogen-bond acceptors (Lipinski definition) is 13. The van der Waals surface area contributed by atoms with Gasteiger partial charge in [-0.25, -0.2) is 28.3 Å². The van der Waals surface area contributed by atoms with Crippen LogP contribution in [-0.4, -0.2) is 134 Å². The SMILES string of the molecule is CC(C)(C)OC(=O)N1CCN(Cc2ccc3c(c2)cc(-c2ccc(Cl)c4c2C(C(=O)C2NCc5c(Cl)ccc(-c6cc7cc(CN8CCN(C(=O)OC(C)(C)C)CC8)ccc7n6C(=O)OC(C)(C)C)c52)NC4)n3C(=O)OC(C)(C)C)CC1. The van der Waals surface area contributed by atoms with Crippen LogP contribution in [0.3, 0.4) is 0 Å². The maximum atomic E-state index is 15.8. The van der Waals surface area contributed by atoms with E-state index in [2.05, 4.69) is 32.6 Å². The lowest BCUT2D eigenvalue weighted by molar-refractivity contribution is -0.123. The number of carbonyl (C=O) groups excluding carboxylic acids is 5. The fourth-order valence-corrected chi connectivity index (χ4v) is 11.9. The van der Waals surface area contributed by atoms with Crippen LogP contribution in [0.4, 0.5) is 19.2 Å². The third kappa shape index (κ3) is 12.6. The van der Waals surface area contributed by atoms with E-state index in [1.165, 1.54) is 0 Å².